The van der Waals surface area contributed by atoms with E-state index in [4.69, 9.17) is 0 Å². The fourth-order valence-corrected chi connectivity index (χ4v) is 5.26. The lowest BCUT2D eigenvalue weighted by molar-refractivity contribution is 0.477. The second kappa shape index (κ2) is 9.49. The minimum absolute atomic E-state index is 0.360. The highest BCUT2D eigenvalue weighted by Crippen LogP contribution is 2.21. The Morgan fingerprint density at radius 1 is 1.21 bits per heavy atom. The Balaban J connectivity index is 1.49. The zero-order valence-electron chi connectivity index (χ0n) is 16.3. The van der Waals surface area contributed by atoms with Crippen LogP contribution in [0.25, 0.3) is 0 Å². The number of benzene rings is 1. The van der Waals surface area contributed by atoms with Crippen molar-refractivity contribution in [1.29, 1.82) is 0 Å². The van der Waals surface area contributed by atoms with Gasteiger partial charge in [0.05, 0.1) is 15.6 Å². The fraction of sp³-hybridized carbons (Fsp3) is 0.474. The van der Waals surface area contributed by atoms with Crippen LogP contribution in [0.5, 0.6) is 0 Å². The molecule has 1 fully saturated rings. The number of aliphatic imine (C=N–C) groups is 1. The maximum atomic E-state index is 12.6. The topological polar surface area (TPSA) is 86.7 Å². The van der Waals surface area contributed by atoms with Crippen LogP contribution in [0.15, 0.2) is 39.5 Å². The molecular formula is C19H27N5O2S2. The lowest BCUT2D eigenvalue weighted by Crippen LogP contribution is -2.37. The van der Waals surface area contributed by atoms with Gasteiger partial charge >= 0.3 is 0 Å². The second-order valence-electron chi connectivity index (χ2n) is 6.72. The van der Waals surface area contributed by atoms with Gasteiger partial charge in [-0.15, -0.1) is 11.3 Å². The van der Waals surface area contributed by atoms with E-state index < -0.39 is 10.0 Å². The Morgan fingerprint density at radius 3 is 2.54 bits per heavy atom. The van der Waals surface area contributed by atoms with Crippen molar-refractivity contribution in [2.75, 3.05) is 26.7 Å². The van der Waals surface area contributed by atoms with Crippen LogP contribution in [0.4, 0.5) is 0 Å². The summed E-state index contributed by atoms with van der Waals surface area (Å²) in [5.41, 5.74) is 2.08. The number of aromatic nitrogens is 1. The average Bonchev–Trinajstić information content (AvgIpc) is 3.37. The lowest BCUT2D eigenvalue weighted by atomic mass is 10.2. The van der Waals surface area contributed by atoms with Gasteiger partial charge in [0.2, 0.25) is 10.0 Å². The van der Waals surface area contributed by atoms with Crippen LogP contribution in [-0.2, 0) is 23.0 Å². The molecule has 0 atom stereocenters. The molecule has 0 bridgehead atoms. The standard InChI is InChI=1S/C19H27N5O2S2/c1-15-23-17(14-27-15)9-10-21-19(20-2)22-13-16-5-7-18(8-6-16)28(25,26)24-11-3-4-12-24/h5-8,14H,3-4,9-13H2,1-2H3,(H2,20,21,22). The van der Waals surface area contributed by atoms with Crippen LogP contribution in [-0.4, -0.2) is 50.3 Å². The molecule has 0 radical (unpaired) electrons. The Hall–Kier alpha value is -1.97. The molecule has 0 spiro atoms. The Morgan fingerprint density at radius 2 is 1.93 bits per heavy atom. The van der Waals surface area contributed by atoms with Gasteiger partial charge in [-0.2, -0.15) is 4.31 Å². The van der Waals surface area contributed by atoms with Crippen molar-refractivity contribution in [3.63, 3.8) is 0 Å². The van der Waals surface area contributed by atoms with E-state index in [9.17, 15) is 8.42 Å². The van der Waals surface area contributed by atoms with Crippen LogP contribution in [0.1, 0.15) is 29.1 Å². The summed E-state index contributed by atoms with van der Waals surface area (Å²) in [6.07, 6.45) is 2.72. The maximum absolute atomic E-state index is 12.6. The first-order valence-corrected chi connectivity index (χ1v) is 11.8. The second-order valence-corrected chi connectivity index (χ2v) is 9.72. The van der Waals surface area contributed by atoms with E-state index in [1.807, 2.05) is 19.1 Å². The number of hydrogen-bond acceptors (Lipinski definition) is 5. The highest BCUT2D eigenvalue weighted by atomic mass is 32.2. The fourth-order valence-electron chi connectivity index (χ4n) is 3.10. The molecule has 1 aromatic carbocycles. The minimum atomic E-state index is -3.36. The summed E-state index contributed by atoms with van der Waals surface area (Å²) in [4.78, 5) is 9.03. The zero-order chi connectivity index (χ0) is 20.0. The lowest BCUT2D eigenvalue weighted by Gasteiger charge is -2.16. The molecule has 0 amide bonds. The molecule has 1 aliphatic heterocycles. The molecule has 1 aliphatic rings. The van der Waals surface area contributed by atoms with Gasteiger partial charge in [0.25, 0.3) is 0 Å². The van der Waals surface area contributed by atoms with Crippen molar-refractivity contribution in [1.82, 2.24) is 19.9 Å². The monoisotopic (exact) mass is 421 g/mol. The van der Waals surface area contributed by atoms with E-state index in [2.05, 4.69) is 26.0 Å². The van der Waals surface area contributed by atoms with Crippen molar-refractivity contribution in [2.24, 2.45) is 4.99 Å². The van der Waals surface area contributed by atoms with E-state index >= 15 is 0 Å². The minimum Gasteiger partial charge on any atom is -0.356 e. The summed E-state index contributed by atoms with van der Waals surface area (Å²) >= 11 is 1.66. The van der Waals surface area contributed by atoms with Crippen LogP contribution >= 0.6 is 11.3 Å². The van der Waals surface area contributed by atoms with Gasteiger partial charge in [0.1, 0.15) is 0 Å². The first-order chi connectivity index (χ1) is 13.5. The summed E-state index contributed by atoms with van der Waals surface area (Å²) in [7, 11) is -1.63. The van der Waals surface area contributed by atoms with Crippen LogP contribution < -0.4 is 10.6 Å². The number of rotatable bonds is 7. The molecule has 1 saturated heterocycles. The molecule has 2 heterocycles. The molecule has 0 saturated carbocycles. The summed E-state index contributed by atoms with van der Waals surface area (Å²) in [5.74, 6) is 0.709. The number of aryl methyl sites for hydroxylation is 1. The third-order valence-electron chi connectivity index (χ3n) is 4.65. The Bertz CT molecular complexity index is 901. The third kappa shape index (κ3) is 5.30. The molecule has 0 unspecified atom stereocenters. The number of guanidine groups is 1. The Labute approximate surface area is 171 Å². The average molecular weight is 422 g/mol. The molecule has 9 heteroatoms. The third-order valence-corrected chi connectivity index (χ3v) is 7.39. The van der Waals surface area contributed by atoms with Crippen molar-refractivity contribution in [2.45, 2.75) is 37.6 Å². The predicted octanol–water partition coefficient (Wildman–Crippen LogP) is 2.14. The highest BCUT2D eigenvalue weighted by molar-refractivity contribution is 7.89. The number of nitrogens with zero attached hydrogens (tertiary/aromatic N) is 3. The van der Waals surface area contributed by atoms with Crippen molar-refractivity contribution >= 4 is 27.3 Å². The summed E-state index contributed by atoms with van der Waals surface area (Å²) in [5, 5.41) is 9.67. The number of thiazole rings is 1. The van der Waals surface area contributed by atoms with E-state index in [0.717, 1.165) is 42.1 Å². The quantitative estimate of drug-likeness (QED) is 0.528. The summed E-state index contributed by atoms with van der Waals surface area (Å²) < 4.78 is 26.7. The van der Waals surface area contributed by atoms with E-state index in [-0.39, 0.29) is 0 Å². The smallest absolute Gasteiger partial charge is 0.243 e. The van der Waals surface area contributed by atoms with Gasteiger partial charge < -0.3 is 10.6 Å². The first kappa shape index (κ1) is 20.8. The van der Waals surface area contributed by atoms with Gasteiger partial charge in [0, 0.05) is 45.0 Å². The summed E-state index contributed by atoms with van der Waals surface area (Å²) in [6, 6.07) is 7.07. The number of hydrogen-bond donors (Lipinski definition) is 2. The van der Waals surface area contributed by atoms with E-state index in [0.29, 0.717) is 30.5 Å². The first-order valence-electron chi connectivity index (χ1n) is 9.43. The molecule has 2 N–H and O–H groups in total. The van der Waals surface area contributed by atoms with Gasteiger partial charge in [-0.25, -0.2) is 13.4 Å². The van der Waals surface area contributed by atoms with Crippen LogP contribution in [0, 0.1) is 6.92 Å². The van der Waals surface area contributed by atoms with Crippen LogP contribution in [0.3, 0.4) is 0 Å². The molecule has 3 rings (SSSR count). The normalized spacial score (nSPS) is 15.7. The molecule has 152 valence electrons. The van der Waals surface area contributed by atoms with Crippen LogP contribution in [0.2, 0.25) is 0 Å². The van der Waals surface area contributed by atoms with Crippen molar-refractivity contribution in [3.8, 4) is 0 Å². The highest BCUT2D eigenvalue weighted by Gasteiger charge is 2.26. The Kier molecular flexibility index (Phi) is 7.03. The van der Waals surface area contributed by atoms with Gasteiger partial charge in [-0.3, -0.25) is 4.99 Å². The number of nitrogens with one attached hydrogen (secondary N) is 2. The predicted molar refractivity (Wildman–Crippen MR) is 113 cm³/mol. The largest absolute Gasteiger partial charge is 0.356 e. The van der Waals surface area contributed by atoms with Gasteiger partial charge in [-0.05, 0) is 37.5 Å². The molecule has 7 nitrogen and oxygen atoms in total. The summed E-state index contributed by atoms with van der Waals surface area (Å²) in [6.45, 7) is 4.56. The van der Waals surface area contributed by atoms with E-state index in [1.165, 1.54) is 0 Å². The van der Waals surface area contributed by atoms with Gasteiger partial charge in [-0.1, -0.05) is 12.1 Å². The van der Waals surface area contributed by atoms with E-state index in [1.54, 1.807) is 34.8 Å². The van der Waals surface area contributed by atoms with Gasteiger partial charge in [0.15, 0.2) is 5.96 Å². The molecule has 2 aromatic rings. The number of sulfonamides is 1. The molecule has 0 aliphatic carbocycles. The maximum Gasteiger partial charge on any atom is 0.243 e. The molecule has 1 aromatic heterocycles. The molecular weight excluding hydrogens is 394 g/mol. The van der Waals surface area contributed by atoms with Crippen molar-refractivity contribution in [3.05, 3.63) is 45.9 Å². The zero-order valence-corrected chi connectivity index (χ0v) is 17.9. The SMILES string of the molecule is CN=C(NCCc1csc(C)n1)NCc1ccc(S(=O)(=O)N2CCCC2)cc1. The van der Waals surface area contributed by atoms with Crippen molar-refractivity contribution < 1.29 is 8.42 Å². The molecule has 28 heavy (non-hydrogen) atoms.